The highest BCUT2D eigenvalue weighted by Gasteiger charge is 2.36. The van der Waals surface area contributed by atoms with Gasteiger partial charge in [0.15, 0.2) is 14.9 Å². The van der Waals surface area contributed by atoms with E-state index in [1.54, 1.807) is 0 Å². The Morgan fingerprint density at radius 2 is 2.00 bits per heavy atom. The predicted molar refractivity (Wildman–Crippen MR) is 90.3 cm³/mol. The Bertz CT molecular complexity index is 673. The molecule has 0 saturated carbocycles. The van der Waals surface area contributed by atoms with Crippen LogP contribution in [0.1, 0.15) is 45.6 Å². The molecular weight excluding hydrogens is 298 g/mol. The summed E-state index contributed by atoms with van der Waals surface area (Å²) in [6, 6.07) is 9.64. The van der Waals surface area contributed by atoms with E-state index in [1.165, 1.54) is 0 Å². The quantitative estimate of drug-likeness (QED) is 0.829. The van der Waals surface area contributed by atoms with Gasteiger partial charge < -0.3 is 4.84 Å². The Balaban J connectivity index is 2.24. The zero-order valence-electron chi connectivity index (χ0n) is 13.4. The van der Waals surface area contributed by atoms with Gasteiger partial charge >= 0.3 is 0 Å². The van der Waals surface area contributed by atoms with Crippen LogP contribution >= 0.6 is 0 Å². The van der Waals surface area contributed by atoms with Gasteiger partial charge in [0, 0.05) is 6.42 Å². The molecule has 1 aliphatic rings. The minimum absolute atomic E-state index is 0.0325. The molecule has 5 heteroatoms. The van der Waals surface area contributed by atoms with Crippen molar-refractivity contribution in [2.45, 2.75) is 45.6 Å². The Labute approximate surface area is 132 Å². The second-order valence-corrected chi connectivity index (χ2v) is 8.15. The van der Waals surface area contributed by atoms with E-state index in [9.17, 15) is 8.42 Å². The molecule has 0 unspecified atom stereocenters. The van der Waals surface area contributed by atoms with Gasteiger partial charge in [-0.05, 0) is 31.4 Å². The van der Waals surface area contributed by atoms with Gasteiger partial charge in [-0.2, -0.15) is 0 Å². The molecule has 0 bridgehead atoms. The van der Waals surface area contributed by atoms with Crippen molar-refractivity contribution in [1.29, 1.82) is 0 Å². The maximum atomic E-state index is 12.6. The third-order valence-corrected chi connectivity index (χ3v) is 5.13. The number of benzene rings is 1. The number of nitrogens with zero attached hydrogens (tertiary/aromatic N) is 1. The first-order chi connectivity index (χ1) is 10.3. The molecule has 0 radical (unpaired) electrons. The minimum atomic E-state index is -3.45. The summed E-state index contributed by atoms with van der Waals surface area (Å²) in [5, 5.41) is 3.94. The van der Waals surface area contributed by atoms with E-state index in [1.807, 2.05) is 50.3 Å². The van der Waals surface area contributed by atoms with Crippen molar-refractivity contribution in [3.63, 3.8) is 0 Å². The average Bonchev–Trinajstić information content (AvgIpc) is 2.85. The minimum Gasteiger partial charge on any atom is -0.389 e. The highest BCUT2D eigenvalue weighted by atomic mass is 32.2. The molecule has 1 aromatic carbocycles. The van der Waals surface area contributed by atoms with Crippen LogP contribution in [0.2, 0.25) is 0 Å². The number of hydrogen-bond donors (Lipinski definition) is 0. The maximum Gasteiger partial charge on any atom is 0.199 e. The van der Waals surface area contributed by atoms with Crippen LogP contribution in [0.5, 0.6) is 0 Å². The van der Waals surface area contributed by atoms with Gasteiger partial charge in [-0.25, -0.2) is 8.42 Å². The van der Waals surface area contributed by atoms with E-state index < -0.39 is 15.4 Å². The van der Waals surface area contributed by atoms with Gasteiger partial charge in [-0.15, -0.1) is 0 Å². The topological polar surface area (TPSA) is 55.7 Å². The standard InChI is InChI=1S/C17H23NO3S/c1-4-5-9-15(14-10-7-6-8-11-14)13-22(19,20)16-12-17(2,3)21-18-16/h6-11H,4-5,12-13H2,1-3H3. The summed E-state index contributed by atoms with van der Waals surface area (Å²) in [6.07, 6.45) is 4.17. The van der Waals surface area contributed by atoms with Crippen molar-refractivity contribution in [3.8, 4) is 0 Å². The van der Waals surface area contributed by atoms with Gasteiger partial charge in [-0.1, -0.05) is 54.9 Å². The van der Waals surface area contributed by atoms with Gasteiger partial charge in [0.05, 0.1) is 5.75 Å². The third-order valence-electron chi connectivity index (χ3n) is 3.50. The SMILES string of the molecule is CCCC=C(CS(=O)(=O)C1=NOC(C)(C)C1)c1ccccc1. The first kappa shape index (κ1) is 16.7. The Kier molecular flexibility index (Phi) is 5.06. The van der Waals surface area contributed by atoms with E-state index in [4.69, 9.17) is 4.84 Å². The highest BCUT2D eigenvalue weighted by Crippen LogP contribution is 2.27. The molecule has 0 aromatic heterocycles. The zero-order chi connectivity index (χ0) is 16.2. The highest BCUT2D eigenvalue weighted by molar-refractivity contribution is 8.06. The molecular formula is C17H23NO3S. The van der Waals surface area contributed by atoms with E-state index in [-0.39, 0.29) is 10.8 Å². The van der Waals surface area contributed by atoms with E-state index in [0.717, 1.165) is 24.0 Å². The molecule has 2 rings (SSSR count). The fourth-order valence-electron chi connectivity index (χ4n) is 2.29. The number of sulfone groups is 1. The predicted octanol–water partition coefficient (Wildman–Crippen LogP) is 3.80. The van der Waals surface area contributed by atoms with Crippen LogP contribution in [0, 0.1) is 0 Å². The molecule has 0 spiro atoms. The lowest BCUT2D eigenvalue weighted by atomic mass is 10.1. The normalized spacial score (nSPS) is 18.0. The molecule has 0 atom stereocenters. The van der Waals surface area contributed by atoms with E-state index >= 15 is 0 Å². The maximum absolute atomic E-state index is 12.6. The van der Waals surface area contributed by atoms with Crippen molar-refractivity contribution < 1.29 is 13.3 Å². The molecule has 1 aromatic rings. The largest absolute Gasteiger partial charge is 0.389 e. The first-order valence-corrected chi connectivity index (χ1v) is 9.21. The molecule has 1 heterocycles. The fraction of sp³-hybridized carbons (Fsp3) is 0.471. The third kappa shape index (κ3) is 4.19. The summed E-state index contributed by atoms with van der Waals surface area (Å²) >= 11 is 0. The summed E-state index contributed by atoms with van der Waals surface area (Å²) in [4.78, 5) is 5.20. The Hall–Kier alpha value is -1.62. The molecule has 0 aliphatic carbocycles. The lowest BCUT2D eigenvalue weighted by Gasteiger charge is -2.13. The van der Waals surface area contributed by atoms with Gasteiger partial charge in [-0.3, -0.25) is 0 Å². The molecule has 0 saturated heterocycles. The van der Waals surface area contributed by atoms with Crippen LogP contribution in [0.3, 0.4) is 0 Å². The molecule has 0 amide bonds. The Morgan fingerprint density at radius 3 is 2.55 bits per heavy atom. The second kappa shape index (κ2) is 6.65. The molecule has 0 fully saturated rings. The summed E-state index contributed by atoms with van der Waals surface area (Å²) in [7, 11) is -3.45. The number of allylic oxidation sites excluding steroid dienone is 1. The lowest BCUT2D eigenvalue weighted by Crippen LogP contribution is -2.24. The number of unbranched alkanes of at least 4 members (excludes halogenated alkanes) is 1. The number of hydrogen-bond acceptors (Lipinski definition) is 4. The summed E-state index contributed by atoms with van der Waals surface area (Å²) in [5.41, 5.74) is 1.23. The van der Waals surface area contributed by atoms with Gasteiger partial charge in [0.25, 0.3) is 0 Å². The fourth-order valence-corrected chi connectivity index (χ4v) is 3.87. The van der Waals surface area contributed by atoms with Crippen LogP contribution < -0.4 is 0 Å². The first-order valence-electron chi connectivity index (χ1n) is 7.56. The zero-order valence-corrected chi connectivity index (χ0v) is 14.2. The smallest absolute Gasteiger partial charge is 0.199 e. The van der Waals surface area contributed by atoms with Crippen molar-refractivity contribution in [3.05, 3.63) is 42.0 Å². The summed E-state index contributed by atoms with van der Waals surface area (Å²) in [6.45, 7) is 5.75. The van der Waals surface area contributed by atoms with Gasteiger partial charge in [0.2, 0.25) is 0 Å². The lowest BCUT2D eigenvalue weighted by molar-refractivity contribution is 0.0123. The van der Waals surface area contributed by atoms with Crippen LogP contribution in [-0.2, 0) is 14.7 Å². The molecule has 1 aliphatic heterocycles. The summed E-state index contributed by atoms with van der Waals surface area (Å²) < 4.78 is 25.2. The van der Waals surface area contributed by atoms with E-state index in [0.29, 0.717) is 6.42 Å². The van der Waals surface area contributed by atoms with Crippen LogP contribution in [-0.4, -0.2) is 24.8 Å². The van der Waals surface area contributed by atoms with Crippen molar-refractivity contribution >= 4 is 20.5 Å². The van der Waals surface area contributed by atoms with Gasteiger partial charge in [0.1, 0.15) is 5.60 Å². The number of oxime groups is 1. The summed E-state index contributed by atoms with van der Waals surface area (Å²) in [5.74, 6) is -0.0325. The van der Waals surface area contributed by atoms with Crippen molar-refractivity contribution in [1.82, 2.24) is 0 Å². The van der Waals surface area contributed by atoms with Crippen LogP contribution in [0.4, 0.5) is 0 Å². The average molecular weight is 321 g/mol. The molecule has 120 valence electrons. The van der Waals surface area contributed by atoms with Crippen LogP contribution in [0.15, 0.2) is 41.6 Å². The van der Waals surface area contributed by atoms with Crippen LogP contribution in [0.25, 0.3) is 5.57 Å². The monoisotopic (exact) mass is 321 g/mol. The second-order valence-electron chi connectivity index (χ2n) is 6.16. The van der Waals surface area contributed by atoms with E-state index in [2.05, 4.69) is 12.1 Å². The van der Waals surface area contributed by atoms with Crippen molar-refractivity contribution in [2.75, 3.05) is 5.75 Å². The van der Waals surface area contributed by atoms with Crippen molar-refractivity contribution in [2.24, 2.45) is 5.16 Å². The molecule has 4 nitrogen and oxygen atoms in total. The molecule has 22 heavy (non-hydrogen) atoms. The number of rotatable bonds is 5. The molecule has 0 N–H and O–H groups in total. The Morgan fingerprint density at radius 1 is 1.32 bits per heavy atom.